The summed E-state index contributed by atoms with van der Waals surface area (Å²) in [7, 11) is 0. The Morgan fingerprint density at radius 1 is 1.40 bits per heavy atom. The number of nitrogens with one attached hydrogen (secondary N) is 1. The van der Waals surface area contributed by atoms with Gasteiger partial charge in [0, 0.05) is 12.1 Å². The number of rotatable bonds is 4. The largest absolute Gasteiger partial charge is 0.394 e. The van der Waals surface area contributed by atoms with Crippen molar-refractivity contribution in [2.45, 2.75) is 51.7 Å². The zero-order valence-electron chi connectivity index (χ0n) is 10.5. The van der Waals surface area contributed by atoms with Gasteiger partial charge < -0.3 is 15.2 Å². The lowest BCUT2D eigenvalue weighted by molar-refractivity contribution is -0.0984. The van der Waals surface area contributed by atoms with E-state index in [-0.39, 0.29) is 17.7 Å². The van der Waals surface area contributed by atoms with Crippen LogP contribution in [0.2, 0.25) is 0 Å². The number of aliphatic hydroxyl groups is 1. The molecule has 0 bridgehead atoms. The molecule has 0 aliphatic carbocycles. The normalized spacial score (nSPS) is 30.8. The van der Waals surface area contributed by atoms with Gasteiger partial charge >= 0.3 is 0 Å². The smallest absolute Gasteiger partial charge is 0.0645 e. The van der Waals surface area contributed by atoms with Gasteiger partial charge in [0.2, 0.25) is 0 Å². The number of hydrogen-bond donors (Lipinski definition) is 2. The Balaban J connectivity index is 2.58. The van der Waals surface area contributed by atoms with Crippen molar-refractivity contribution in [3.63, 3.8) is 0 Å². The van der Waals surface area contributed by atoms with Crippen LogP contribution in [0, 0.1) is 5.92 Å². The van der Waals surface area contributed by atoms with Crippen molar-refractivity contribution in [3.05, 3.63) is 0 Å². The first-order valence-electron chi connectivity index (χ1n) is 5.89. The van der Waals surface area contributed by atoms with E-state index in [9.17, 15) is 5.11 Å². The van der Waals surface area contributed by atoms with E-state index in [1.807, 2.05) is 0 Å². The molecule has 0 aromatic rings. The maximum absolute atomic E-state index is 9.57. The van der Waals surface area contributed by atoms with Gasteiger partial charge in [0.25, 0.3) is 0 Å². The van der Waals surface area contributed by atoms with Gasteiger partial charge in [0.1, 0.15) is 0 Å². The van der Waals surface area contributed by atoms with Crippen molar-refractivity contribution in [2.24, 2.45) is 5.92 Å². The average molecular weight is 215 g/mol. The quantitative estimate of drug-likeness (QED) is 0.747. The van der Waals surface area contributed by atoms with Crippen LogP contribution in [0.5, 0.6) is 0 Å². The molecule has 0 spiro atoms. The lowest BCUT2D eigenvalue weighted by atomic mass is 9.81. The molecule has 1 atom stereocenters. The Kier molecular flexibility index (Phi) is 4.15. The summed E-state index contributed by atoms with van der Waals surface area (Å²) in [5.41, 5.74) is -0.253. The molecule has 2 N–H and O–H groups in total. The molecule has 1 rings (SSSR count). The number of hydrogen-bond acceptors (Lipinski definition) is 3. The van der Waals surface area contributed by atoms with Crippen molar-refractivity contribution in [1.82, 2.24) is 5.32 Å². The fraction of sp³-hybridized carbons (Fsp3) is 1.00. The lowest BCUT2D eigenvalue weighted by Gasteiger charge is -2.44. The third-order valence-electron chi connectivity index (χ3n) is 3.03. The first kappa shape index (κ1) is 12.9. The van der Waals surface area contributed by atoms with Gasteiger partial charge in [0.05, 0.1) is 12.2 Å². The lowest BCUT2D eigenvalue weighted by Crippen LogP contribution is -2.57. The SMILES string of the molecule is CC(C)CNC1(CO)CCOC(C)(C)C1. The minimum atomic E-state index is -0.133. The van der Waals surface area contributed by atoms with Gasteiger partial charge in [-0.2, -0.15) is 0 Å². The summed E-state index contributed by atoms with van der Waals surface area (Å²) in [6, 6.07) is 0. The summed E-state index contributed by atoms with van der Waals surface area (Å²) in [5, 5.41) is 13.1. The zero-order chi connectivity index (χ0) is 11.5. The van der Waals surface area contributed by atoms with Crippen molar-refractivity contribution < 1.29 is 9.84 Å². The zero-order valence-corrected chi connectivity index (χ0v) is 10.5. The Morgan fingerprint density at radius 2 is 2.07 bits per heavy atom. The molecule has 1 unspecified atom stereocenters. The molecule has 90 valence electrons. The molecule has 3 heteroatoms. The maximum Gasteiger partial charge on any atom is 0.0645 e. The van der Waals surface area contributed by atoms with Crippen molar-refractivity contribution in [2.75, 3.05) is 19.8 Å². The van der Waals surface area contributed by atoms with Gasteiger partial charge in [-0.3, -0.25) is 0 Å². The molecule has 15 heavy (non-hydrogen) atoms. The van der Waals surface area contributed by atoms with Crippen molar-refractivity contribution in [1.29, 1.82) is 0 Å². The second kappa shape index (κ2) is 4.81. The highest BCUT2D eigenvalue weighted by molar-refractivity contribution is 4.96. The van der Waals surface area contributed by atoms with E-state index >= 15 is 0 Å². The second-order valence-electron chi connectivity index (χ2n) is 5.75. The summed E-state index contributed by atoms with van der Waals surface area (Å²) in [5.74, 6) is 0.611. The molecule has 0 radical (unpaired) electrons. The Morgan fingerprint density at radius 3 is 2.53 bits per heavy atom. The summed E-state index contributed by atoms with van der Waals surface area (Å²) >= 11 is 0. The Bertz CT molecular complexity index is 204. The van der Waals surface area contributed by atoms with Gasteiger partial charge in [0.15, 0.2) is 0 Å². The molecule has 0 saturated carbocycles. The molecule has 1 heterocycles. The van der Waals surface area contributed by atoms with Gasteiger partial charge in [-0.25, -0.2) is 0 Å². The fourth-order valence-corrected chi connectivity index (χ4v) is 2.24. The predicted octanol–water partition coefficient (Wildman–Crippen LogP) is 1.55. The molecule has 1 aliphatic rings. The third kappa shape index (κ3) is 3.74. The molecule has 3 nitrogen and oxygen atoms in total. The molecule has 0 aromatic carbocycles. The number of ether oxygens (including phenoxy) is 1. The highest BCUT2D eigenvalue weighted by Crippen LogP contribution is 2.31. The van der Waals surface area contributed by atoms with E-state index in [2.05, 4.69) is 33.0 Å². The van der Waals surface area contributed by atoms with Crippen LogP contribution < -0.4 is 5.32 Å². The van der Waals surface area contributed by atoms with E-state index in [1.165, 1.54) is 0 Å². The first-order chi connectivity index (χ1) is 6.89. The van der Waals surface area contributed by atoms with E-state index in [0.29, 0.717) is 5.92 Å². The first-order valence-corrected chi connectivity index (χ1v) is 5.89. The van der Waals surface area contributed by atoms with Crippen LogP contribution in [0.15, 0.2) is 0 Å². The minimum absolute atomic E-state index is 0.120. The van der Waals surface area contributed by atoms with Crippen molar-refractivity contribution in [3.8, 4) is 0 Å². The summed E-state index contributed by atoms with van der Waals surface area (Å²) < 4.78 is 5.68. The van der Waals surface area contributed by atoms with Crippen LogP contribution in [0.3, 0.4) is 0 Å². The van der Waals surface area contributed by atoms with E-state index in [0.717, 1.165) is 26.0 Å². The van der Waals surface area contributed by atoms with Crippen LogP contribution in [0.1, 0.15) is 40.5 Å². The Hall–Kier alpha value is -0.120. The maximum atomic E-state index is 9.57. The van der Waals surface area contributed by atoms with Gasteiger partial charge in [-0.15, -0.1) is 0 Å². The fourth-order valence-electron chi connectivity index (χ4n) is 2.24. The highest BCUT2D eigenvalue weighted by atomic mass is 16.5. The summed E-state index contributed by atoms with van der Waals surface area (Å²) in [6.45, 7) is 10.4. The predicted molar refractivity (Wildman–Crippen MR) is 61.9 cm³/mol. The van der Waals surface area contributed by atoms with Crippen LogP contribution in [-0.2, 0) is 4.74 Å². The minimum Gasteiger partial charge on any atom is -0.394 e. The molecule has 1 saturated heterocycles. The topological polar surface area (TPSA) is 41.5 Å². The second-order valence-corrected chi connectivity index (χ2v) is 5.75. The van der Waals surface area contributed by atoms with Crippen LogP contribution in [0.25, 0.3) is 0 Å². The third-order valence-corrected chi connectivity index (χ3v) is 3.03. The molecule has 1 fully saturated rings. The Labute approximate surface area is 93.2 Å². The van der Waals surface area contributed by atoms with Crippen molar-refractivity contribution >= 4 is 0 Å². The molecule has 1 aliphatic heterocycles. The van der Waals surface area contributed by atoms with Gasteiger partial charge in [-0.1, -0.05) is 13.8 Å². The standard InChI is InChI=1S/C12H25NO2/c1-10(2)7-13-12(9-14)5-6-15-11(3,4)8-12/h10,13-14H,5-9H2,1-4H3. The monoisotopic (exact) mass is 215 g/mol. The van der Waals surface area contributed by atoms with Crippen LogP contribution in [0.4, 0.5) is 0 Å². The van der Waals surface area contributed by atoms with Crippen LogP contribution in [-0.4, -0.2) is 36.0 Å². The van der Waals surface area contributed by atoms with Crippen LogP contribution >= 0.6 is 0 Å². The molecular weight excluding hydrogens is 190 g/mol. The summed E-state index contributed by atoms with van der Waals surface area (Å²) in [4.78, 5) is 0. The van der Waals surface area contributed by atoms with Gasteiger partial charge in [-0.05, 0) is 39.2 Å². The average Bonchev–Trinajstić information content (AvgIpc) is 2.13. The molecule has 0 amide bonds. The van der Waals surface area contributed by atoms with E-state index in [4.69, 9.17) is 4.74 Å². The highest BCUT2D eigenvalue weighted by Gasteiger charge is 2.40. The number of aliphatic hydroxyl groups excluding tert-OH is 1. The molecule has 0 aromatic heterocycles. The van der Waals surface area contributed by atoms with E-state index in [1.54, 1.807) is 0 Å². The molecular formula is C12H25NO2. The van der Waals surface area contributed by atoms with E-state index < -0.39 is 0 Å². The summed E-state index contributed by atoms with van der Waals surface area (Å²) in [6.07, 6.45) is 1.78.